The van der Waals surface area contributed by atoms with Crippen LogP contribution in [0.3, 0.4) is 0 Å². The van der Waals surface area contributed by atoms with Crippen LogP contribution in [0.5, 0.6) is 0 Å². The van der Waals surface area contributed by atoms with E-state index in [9.17, 15) is 4.79 Å². The highest BCUT2D eigenvalue weighted by Crippen LogP contribution is 2.31. The van der Waals surface area contributed by atoms with Gasteiger partial charge in [-0.25, -0.2) is 0 Å². The molecule has 0 bridgehead atoms. The van der Waals surface area contributed by atoms with Gasteiger partial charge < -0.3 is 9.64 Å². The molecule has 1 aliphatic carbocycles. The third-order valence-corrected chi connectivity index (χ3v) is 4.32. The first kappa shape index (κ1) is 11.2. The van der Waals surface area contributed by atoms with E-state index >= 15 is 0 Å². The molecule has 1 saturated heterocycles. The van der Waals surface area contributed by atoms with Crippen LogP contribution in [-0.2, 0) is 4.74 Å². The largest absolute Gasteiger partial charge is 0.381 e. The van der Waals surface area contributed by atoms with Gasteiger partial charge in [0.15, 0.2) is 0 Å². The standard InChI is InChI=1S/C13H17NO2S/c15-13(12-2-1-7-17-12)14(11-3-4-11)8-10-5-6-16-9-10/h1-2,7,10-11H,3-6,8-9H2/t10-/m0/s1. The highest BCUT2D eigenvalue weighted by atomic mass is 32.1. The van der Waals surface area contributed by atoms with Crippen molar-refractivity contribution in [3.8, 4) is 0 Å². The zero-order chi connectivity index (χ0) is 11.7. The zero-order valence-corrected chi connectivity index (χ0v) is 10.6. The second kappa shape index (κ2) is 4.78. The number of thiophene rings is 1. The van der Waals surface area contributed by atoms with E-state index in [1.54, 1.807) is 0 Å². The van der Waals surface area contributed by atoms with E-state index in [1.807, 2.05) is 17.5 Å². The summed E-state index contributed by atoms with van der Waals surface area (Å²) >= 11 is 1.54. The highest BCUT2D eigenvalue weighted by molar-refractivity contribution is 7.12. The Morgan fingerprint density at radius 2 is 2.35 bits per heavy atom. The van der Waals surface area contributed by atoms with Crippen molar-refractivity contribution in [1.82, 2.24) is 4.90 Å². The minimum Gasteiger partial charge on any atom is -0.381 e. The van der Waals surface area contributed by atoms with Crippen molar-refractivity contribution in [3.05, 3.63) is 22.4 Å². The molecule has 3 rings (SSSR count). The fourth-order valence-corrected chi connectivity index (χ4v) is 3.01. The number of nitrogens with zero attached hydrogens (tertiary/aromatic N) is 1. The first-order chi connectivity index (χ1) is 8.34. The topological polar surface area (TPSA) is 29.5 Å². The van der Waals surface area contributed by atoms with Gasteiger partial charge in [0, 0.05) is 25.1 Å². The number of ether oxygens (including phenoxy) is 1. The minimum absolute atomic E-state index is 0.217. The smallest absolute Gasteiger partial charge is 0.264 e. The lowest BCUT2D eigenvalue weighted by atomic mass is 10.1. The van der Waals surface area contributed by atoms with E-state index < -0.39 is 0 Å². The van der Waals surface area contributed by atoms with E-state index in [2.05, 4.69) is 4.90 Å². The van der Waals surface area contributed by atoms with Gasteiger partial charge in [-0.2, -0.15) is 0 Å². The molecule has 1 amide bonds. The normalized spacial score (nSPS) is 23.9. The molecule has 1 atom stereocenters. The molecule has 0 unspecified atom stereocenters. The average Bonchev–Trinajstić information content (AvgIpc) is 2.86. The molecule has 1 aromatic heterocycles. The van der Waals surface area contributed by atoms with Crippen molar-refractivity contribution < 1.29 is 9.53 Å². The van der Waals surface area contributed by atoms with Gasteiger partial charge in [-0.15, -0.1) is 11.3 Å². The first-order valence-electron chi connectivity index (χ1n) is 6.27. The molecule has 1 saturated carbocycles. The maximum absolute atomic E-state index is 12.4. The number of rotatable bonds is 4. The van der Waals surface area contributed by atoms with Gasteiger partial charge in [0.05, 0.1) is 11.5 Å². The predicted octanol–water partition coefficient (Wildman–Crippen LogP) is 2.39. The van der Waals surface area contributed by atoms with Gasteiger partial charge in [-0.3, -0.25) is 4.79 Å². The Morgan fingerprint density at radius 3 is 2.94 bits per heavy atom. The van der Waals surface area contributed by atoms with E-state index in [4.69, 9.17) is 4.74 Å². The number of amides is 1. The summed E-state index contributed by atoms with van der Waals surface area (Å²) in [5, 5.41) is 1.97. The van der Waals surface area contributed by atoms with Crippen molar-refractivity contribution in [1.29, 1.82) is 0 Å². The van der Waals surface area contributed by atoms with Gasteiger partial charge in [0.25, 0.3) is 5.91 Å². The summed E-state index contributed by atoms with van der Waals surface area (Å²) in [4.78, 5) is 15.3. The fraction of sp³-hybridized carbons (Fsp3) is 0.615. The Bertz CT molecular complexity index is 380. The van der Waals surface area contributed by atoms with E-state index in [1.165, 1.54) is 24.2 Å². The maximum Gasteiger partial charge on any atom is 0.264 e. The number of carbonyl (C=O) groups is 1. The quantitative estimate of drug-likeness (QED) is 0.822. The summed E-state index contributed by atoms with van der Waals surface area (Å²) in [6.07, 6.45) is 3.44. The van der Waals surface area contributed by atoms with E-state index in [-0.39, 0.29) is 5.91 Å². The average molecular weight is 251 g/mol. The lowest BCUT2D eigenvalue weighted by molar-refractivity contribution is 0.0711. The van der Waals surface area contributed by atoms with Crippen LogP contribution in [0.1, 0.15) is 28.9 Å². The fourth-order valence-electron chi connectivity index (χ4n) is 2.33. The molecule has 92 valence electrons. The Kier molecular flexibility index (Phi) is 3.16. The second-order valence-electron chi connectivity index (χ2n) is 4.90. The summed E-state index contributed by atoms with van der Waals surface area (Å²) in [6, 6.07) is 4.36. The Morgan fingerprint density at radius 1 is 1.47 bits per heavy atom. The van der Waals surface area contributed by atoms with Gasteiger partial charge in [0.1, 0.15) is 0 Å². The molecule has 1 aliphatic heterocycles. The highest BCUT2D eigenvalue weighted by Gasteiger charge is 2.35. The molecule has 4 heteroatoms. The monoisotopic (exact) mass is 251 g/mol. The Labute approximate surface area is 105 Å². The maximum atomic E-state index is 12.4. The molecule has 0 aromatic carbocycles. The van der Waals surface area contributed by atoms with Crippen molar-refractivity contribution in [2.45, 2.75) is 25.3 Å². The molecule has 1 aromatic rings. The van der Waals surface area contributed by atoms with Crippen LogP contribution < -0.4 is 0 Å². The Balaban J connectivity index is 1.69. The lowest BCUT2D eigenvalue weighted by Gasteiger charge is -2.24. The van der Waals surface area contributed by atoms with Gasteiger partial charge in [-0.05, 0) is 30.7 Å². The molecule has 2 fully saturated rings. The molecular formula is C13H17NO2S. The Hall–Kier alpha value is -0.870. The summed E-state index contributed by atoms with van der Waals surface area (Å²) in [6.45, 7) is 2.55. The van der Waals surface area contributed by atoms with Crippen molar-refractivity contribution in [2.75, 3.05) is 19.8 Å². The summed E-state index contributed by atoms with van der Waals surface area (Å²) in [5.41, 5.74) is 0. The molecule has 17 heavy (non-hydrogen) atoms. The van der Waals surface area contributed by atoms with Crippen LogP contribution >= 0.6 is 11.3 Å². The molecule has 0 N–H and O–H groups in total. The van der Waals surface area contributed by atoms with Gasteiger partial charge >= 0.3 is 0 Å². The number of hydrogen-bond acceptors (Lipinski definition) is 3. The van der Waals surface area contributed by atoms with Gasteiger partial charge in [-0.1, -0.05) is 6.07 Å². The van der Waals surface area contributed by atoms with Crippen molar-refractivity contribution in [2.24, 2.45) is 5.92 Å². The third kappa shape index (κ3) is 2.53. The molecule has 2 aliphatic rings. The van der Waals surface area contributed by atoms with Crippen molar-refractivity contribution in [3.63, 3.8) is 0 Å². The molecule has 0 radical (unpaired) electrons. The minimum atomic E-state index is 0.217. The summed E-state index contributed by atoms with van der Waals surface area (Å²) < 4.78 is 5.39. The second-order valence-corrected chi connectivity index (χ2v) is 5.84. The third-order valence-electron chi connectivity index (χ3n) is 3.46. The molecule has 2 heterocycles. The lowest BCUT2D eigenvalue weighted by Crippen LogP contribution is -2.37. The van der Waals surface area contributed by atoms with Crippen LogP contribution in [0.25, 0.3) is 0 Å². The van der Waals surface area contributed by atoms with Crippen LogP contribution in [0, 0.1) is 5.92 Å². The zero-order valence-electron chi connectivity index (χ0n) is 9.80. The van der Waals surface area contributed by atoms with E-state index in [0.717, 1.165) is 31.1 Å². The van der Waals surface area contributed by atoms with E-state index in [0.29, 0.717) is 12.0 Å². The van der Waals surface area contributed by atoms with Crippen LogP contribution in [0.4, 0.5) is 0 Å². The van der Waals surface area contributed by atoms with Gasteiger partial charge in [0.2, 0.25) is 0 Å². The van der Waals surface area contributed by atoms with Crippen molar-refractivity contribution >= 4 is 17.2 Å². The SMILES string of the molecule is O=C(c1cccs1)N(C[C@@H]1CCOC1)C1CC1. The number of hydrogen-bond donors (Lipinski definition) is 0. The summed E-state index contributed by atoms with van der Waals surface area (Å²) in [5.74, 6) is 0.758. The molecule has 3 nitrogen and oxygen atoms in total. The molecular weight excluding hydrogens is 234 g/mol. The van der Waals surface area contributed by atoms with Crippen LogP contribution in [0.2, 0.25) is 0 Å². The summed E-state index contributed by atoms with van der Waals surface area (Å²) in [7, 11) is 0. The number of carbonyl (C=O) groups excluding carboxylic acids is 1. The predicted molar refractivity (Wildman–Crippen MR) is 67.3 cm³/mol. The van der Waals surface area contributed by atoms with Crippen LogP contribution in [0.15, 0.2) is 17.5 Å². The molecule has 0 spiro atoms. The van der Waals surface area contributed by atoms with Crippen LogP contribution in [-0.4, -0.2) is 36.6 Å². The first-order valence-corrected chi connectivity index (χ1v) is 7.15.